The molecule has 0 aromatic heterocycles. The molecule has 4 rings (SSSR count). The van der Waals surface area contributed by atoms with E-state index in [2.05, 4.69) is 59.5 Å². The monoisotopic (exact) mass is 339 g/mol. The van der Waals surface area contributed by atoms with Crippen LogP contribution in [0.25, 0.3) is 0 Å². The zero-order chi connectivity index (χ0) is 16.2. The molecule has 0 N–H and O–H groups in total. The Kier molecular flexibility index (Phi) is 4.93. The van der Waals surface area contributed by atoms with Gasteiger partial charge in [-0.15, -0.1) is 11.8 Å². The number of thioether (sulfide) groups is 1. The predicted octanol–water partition coefficient (Wildman–Crippen LogP) is 4.69. The Morgan fingerprint density at radius 1 is 0.958 bits per heavy atom. The summed E-state index contributed by atoms with van der Waals surface area (Å²) >= 11 is 1.97. The summed E-state index contributed by atoms with van der Waals surface area (Å²) in [7, 11) is 0. The van der Waals surface area contributed by atoms with E-state index >= 15 is 0 Å². The van der Waals surface area contributed by atoms with Gasteiger partial charge in [-0.2, -0.15) is 0 Å². The molecule has 0 amide bonds. The van der Waals surface area contributed by atoms with Gasteiger partial charge < -0.3 is 9.64 Å². The highest BCUT2D eigenvalue weighted by Gasteiger charge is 2.42. The number of ether oxygens (including phenoxy) is 1. The molecule has 1 spiro atoms. The molecule has 2 aromatic carbocycles. The number of hydrogen-bond donors (Lipinski definition) is 0. The van der Waals surface area contributed by atoms with Crippen LogP contribution in [0.15, 0.2) is 59.5 Å². The van der Waals surface area contributed by atoms with Crippen molar-refractivity contribution < 1.29 is 4.74 Å². The summed E-state index contributed by atoms with van der Waals surface area (Å²) < 4.78 is 6.25. The highest BCUT2D eigenvalue weighted by molar-refractivity contribution is 7.99. The maximum absolute atomic E-state index is 6.25. The predicted molar refractivity (Wildman–Crippen MR) is 100 cm³/mol. The van der Waals surface area contributed by atoms with E-state index in [0.29, 0.717) is 0 Å². The molecule has 0 radical (unpaired) electrons. The van der Waals surface area contributed by atoms with Crippen molar-refractivity contribution in [1.29, 1.82) is 0 Å². The van der Waals surface area contributed by atoms with Crippen molar-refractivity contribution in [2.75, 3.05) is 25.4 Å². The number of benzene rings is 2. The van der Waals surface area contributed by atoms with Gasteiger partial charge in [0.25, 0.3) is 0 Å². The first-order valence-corrected chi connectivity index (χ1v) is 9.97. The van der Waals surface area contributed by atoms with E-state index in [4.69, 9.17) is 4.74 Å². The first-order chi connectivity index (χ1) is 11.9. The minimum absolute atomic E-state index is 0.00584. The normalized spacial score (nSPS) is 19.5. The Balaban J connectivity index is 1.24. The highest BCUT2D eigenvalue weighted by Crippen LogP contribution is 2.43. The van der Waals surface area contributed by atoms with Crippen LogP contribution >= 0.6 is 11.8 Å². The maximum atomic E-state index is 6.25. The first kappa shape index (κ1) is 16.2. The third-order valence-corrected chi connectivity index (χ3v) is 6.40. The second kappa shape index (κ2) is 7.30. The summed E-state index contributed by atoms with van der Waals surface area (Å²) in [4.78, 5) is 3.99. The standard InChI is InChI=1S/C21H25NOS/c1-2-8-19(9-3-1)24-16-6-13-22-14-11-21(12-15-22)20-10-5-4-7-18(20)17-23-21/h1-5,7-10H,6,11-17H2. The lowest BCUT2D eigenvalue weighted by atomic mass is 9.84. The molecule has 126 valence electrons. The van der Waals surface area contributed by atoms with E-state index in [9.17, 15) is 0 Å². The molecular formula is C21H25NOS. The summed E-state index contributed by atoms with van der Waals surface area (Å²) in [6.07, 6.45) is 3.52. The van der Waals surface area contributed by atoms with Gasteiger partial charge in [-0.25, -0.2) is 0 Å². The molecule has 0 unspecified atom stereocenters. The third kappa shape index (κ3) is 3.39. The molecule has 3 heteroatoms. The lowest BCUT2D eigenvalue weighted by Gasteiger charge is -2.39. The SMILES string of the molecule is c1ccc(SCCCN2CCC3(CC2)OCc2ccccc23)cc1. The highest BCUT2D eigenvalue weighted by atomic mass is 32.2. The Labute approximate surface area is 149 Å². The van der Waals surface area contributed by atoms with E-state index in [1.807, 2.05) is 11.8 Å². The summed E-state index contributed by atoms with van der Waals surface area (Å²) in [6.45, 7) is 4.32. The van der Waals surface area contributed by atoms with E-state index in [1.54, 1.807) is 0 Å². The third-order valence-electron chi connectivity index (χ3n) is 5.31. The average Bonchev–Trinajstić information content (AvgIpc) is 3.00. The summed E-state index contributed by atoms with van der Waals surface area (Å²) in [5, 5.41) is 0. The maximum Gasteiger partial charge on any atom is 0.0963 e. The van der Waals surface area contributed by atoms with Gasteiger partial charge in [-0.3, -0.25) is 0 Å². The van der Waals surface area contributed by atoms with Crippen molar-refractivity contribution in [3.8, 4) is 0 Å². The average molecular weight is 340 g/mol. The van der Waals surface area contributed by atoms with Crippen LogP contribution in [0.4, 0.5) is 0 Å². The van der Waals surface area contributed by atoms with Gasteiger partial charge in [0.2, 0.25) is 0 Å². The number of rotatable bonds is 5. The molecule has 0 atom stereocenters. The fourth-order valence-electron chi connectivity index (χ4n) is 3.93. The molecule has 24 heavy (non-hydrogen) atoms. The summed E-state index contributed by atoms with van der Waals surface area (Å²) in [5.41, 5.74) is 2.85. The molecule has 2 aliphatic rings. The summed E-state index contributed by atoms with van der Waals surface area (Å²) in [6, 6.07) is 19.5. The van der Waals surface area contributed by atoms with Crippen molar-refractivity contribution in [1.82, 2.24) is 4.90 Å². The van der Waals surface area contributed by atoms with Gasteiger partial charge in [0, 0.05) is 18.0 Å². The fraction of sp³-hybridized carbons (Fsp3) is 0.429. The lowest BCUT2D eigenvalue weighted by Crippen LogP contribution is -2.42. The first-order valence-electron chi connectivity index (χ1n) is 8.98. The zero-order valence-electron chi connectivity index (χ0n) is 14.1. The van der Waals surface area contributed by atoms with E-state index in [-0.39, 0.29) is 5.60 Å². The van der Waals surface area contributed by atoms with Gasteiger partial charge in [0.15, 0.2) is 0 Å². The minimum Gasteiger partial charge on any atom is -0.365 e. The molecule has 2 heterocycles. The Morgan fingerprint density at radius 2 is 1.71 bits per heavy atom. The van der Waals surface area contributed by atoms with Crippen LogP contribution in [-0.4, -0.2) is 30.3 Å². The Morgan fingerprint density at radius 3 is 2.54 bits per heavy atom. The fourth-order valence-corrected chi connectivity index (χ4v) is 4.79. The van der Waals surface area contributed by atoms with Gasteiger partial charge >= 0.3 is 0 Å². The molecule has 1 fully saturated rings. The molecule has 0 saturated carbocycles. The number of fused-ring (bicyclic) bond motifs is 2. The van der Waals surface area contributed by atoms with Crippen LogP contribution in [0.2, 0.25) is 0 Å². The topological polar surface area (TPSA) is 12.5 Å². The zero-order valence-corrected chi connectivity index (χ0v) is 14.9. The number of nitrogens with zero attached hydrogens (tertiary/aromatic N) is 1. The number of piperidine rings is 1. The number of hydrogen-bond acceptors (Lipinski definition) is 3. The number of likely N-dealkylation sites (tertiary alicyclic amines) is 1. The largest absolute Gasteiger partial charge is 0.365 e. The van der Waals surface area contributed by atoms with Gasteiger partial charge in [0.1, 0.15) is 0 Å². The Bertz CT molecular complexity index is 665. The quantitative estimate of drug-likeness (QED) is 0.579. The van der Waals surface area contributed by atoms with Crippen LogP contribution in [0.3, 0.4) is 0 Å². The van der Waals surface area contributed by atoms with Crippen LogP contribution in [0.1, 0.15) is 30.4 Å². The van der Waals surface area contributed by atoms with Crippen LogP contribution in [0, 0.1) is 0 Å². The molecule has 0 bridgehead atoms. The van der Waals surface area contributed by atoms with Crippen LogP contribution in [0.5, 0.6) is 0 Å². The van der Waals surface area contributed by atoms with Gasteiger partial charge in [-0.1, -0.05) is 42.5 Å². The van der Waals surface area contributed by atoms with Crippen molar-refractivity contribution in [2.45, 2.75) is 36.4 Å². The Hall–Kier alpha value is -1.29. The molecular weight excluding hydrogens is 314 g/mol. The van der Waals surface area contributed by atoms with Crippen molar-refractivity contribution in [3.05, 3.63) is 65.7 Å². The van der Waals surface area contributed by atoms with Crippen molar-refractivity contribution in [3.63, 3.8) is 0 Å². The molecule has 2 aliphatic heterocycles. The van der Waals surface area contributed by atoms with Gasteiger partial charge in [-0.05, 0) is 54.8 Å². The molecule has 2 aromatic rings. The lowest BCUT2D eigenvalue weighted by molar-refractivity contribution is -0.0786. The molecule has 2 nitrogen and oxygen atoms in total. The van der Waals surface area contributed by atoms with Crippen molar-refractivity contribution >= 4 is 11.8 Å². The van der Waals surface area contributed by atoms with Crippen LogP contribution < -0.4 is 0 Å². The van der Waals surface area contributed by atoms with Gasteiger partial charge in [0.05, 0.1) is 12.2 Å². The molecule has 1 saturated heterocycles. The summed E-state index contributed by atoms with van der Waals surface area (Å²) in [5.74, 6) is 1.20. The van der Waals surface area contributed by atoms with E-state index in [1.165, 1.54) is 34.7 Å². The second-order valence-electron chi connectivity index (χ2n) is 6.80. The minimum atomic E-state index is 0.00584. The van der Waals surface area contributed by atoms with Crippen molar-refractivity contribution in [2.24, 2.45) is 0 Å². The smallest absolute Gasteiger partial charge is 0.0963 e. The molecule has 0 aliphatic carbocycles. The van der Waals surface area contributed by atoms with E-state index < -0.39 is 0 Å². The van der Waals surface area contributed by atoms with E-state index in [0.717, 1.165) is 32.5 Å². The van der Waals surface area contributed by atoms with Crippen LogP contribution in [-0.2, 0) is 16.9 Å². The second-order valence-corrected chi connectivity index (χ2v) is 7.97.